The van der Waals surface area contributed by atoms with Gasteiger partial charge in [0.05, 0.1) is 12.5 Å². The van der Waals surface area contributed by atoms with Gasteiger partial charge in [0.15, 0.2) is 0 Å². The molecule has 0 aromatic heterocycles. The lowest BCUT2D eigenvalue weighted by atomic mass is 10.0. The number of carboxylic acids is 2. The van der Waals surface area contributed by atoms with E-state index in [0.717, 1.165) is 0 Å². The average molecular weight is 431 g/mol. The maximum Gasteiger partial charge on any atom is 0.322 e. The number of aliphatic carboxylic acids is 2. The van der Waals surface area contributed by atoms with Crippen LogP contribution in [0.3, 0.4) is 0 Å². The Balaban J connectivity index is 5.32. The fourth-order valence-electron chi connectivity index (χ4n) is 2.38. The molecule has 0 aliphatic rings. The number of nitrogens with two attached hydrogens (primary N) is 2. The van der Waals surface area contributed by atoms with E-state index >= 15 is 0 Å². The molecule has 0 aliphatic carbocycles. The Kier molecular flexibility index (Phi) is 11.7. The van der Waals surface area contributed by atoms with Gasteiger partial charge in [0.1, 0.15) is 18.6 Å². The van der Waals surface area contributed by atoms with Crippen LogP contribution < -0.4 is 27.4 Å². The largest absolute Gasteiger partial charge is 0.481 e. The molecular weight excluding hydrogens is 402 g/mol. The third-order valence-corrected chi connectivity index (χ3v) is 3.80. The standard InChI is InChI=1S/C17H29N5O8/c1-8(2)5-11(16(29)20-7-14(26)27)22-17(30)10(3-4-12(19)23)21-15(28)9(18)6-13(24)25/h8-11H,3-7,18H2,1-2H3,(H2,19,23)(H,20,29)(H,21,28)(H,22,30)(H,24,25)(H,26,27). The van der Waals surface area contributed by atoms with Crippen molar-refractivity contribution in [3.63, 3.8) is 0 Å². The highest BCUT2D eigenvalue weighted by atomic mass is 16.4. The molecule has 13 heteroatoms. The zero-order chi connectivity index (χ0) is 23.4. The summed E-state index contributed by atoms with van der Waals surface area (Å²) < 4.78 is 0. The van der Waals surface area contributed by atoms with E-state index in [1.807, 2.05) is 0 Å². The molecule has 0 bridgehead atoms. The van der Waals surface area contributed by atoms with Crippen LogP contribution in [-0.4, -0.2) is 70.5 Å². The Morgan fingerprint density at radius 3 is 1.90 bits per heavy atom. The number of carbonyl (C=O) groups excluding carboxylic acids is 4. The van der Waals surface area contributed by atoms with E-state index in [4.69, 9.17) is 21.7 Å². The van der Waals surface area contributed by atoms with Crippen molar-refractivity contribution in [2.45, 2.75) is 57.7 Å². The molecule has 0 rings (SSSR count). The molecule has 13 nitrogen and oxygen atoms in total. The van der Waals surface area contributed by atoms with E-state index < -0.39 is 66.7 Å². The van der Waals surface area contributed by atoms with Crippen molar-refractivity contribution >= 4 is 35.6 Å². The van der Waals surface area contributed by atoms with Crippen LogP contribution in [0.5, 0.6) is 0 Å². The average Bonchev–Trinajstić information content (AvgIpc) is 2.60. The van der Waals surface area contributed by atoms with Crippen molar-refractivity contribution in [2.24, 2.45) is 17.4 Å². The Morgan fingerprint density at radius 1 is 0.867 bits per heavy atom. The van der Waals surface area contributed by atoms with Crippen LogP contribution in [0.15, 0.2) is 0 Å². The van der Waals surface area contributed by atoms with Crippen LogP contribution in [0.1, 0.15) is 39.5 Å². The highest BCUT2D eigenvalue weighted by Crippen LogP contribution is 2.07. The molecule has 9 N–H and O–H groups in total. The first-order valence-corrected chi connectivity index (χ1v) is 9.19. The minimum Gasteiger partial charge on any atom is -0.481 e. The Labute approximate surface area is 172 Å². The molecule has 0 fully saturated rings. The molecule has 0 aromatic rings. The molecule has 0 aliphatic heterocycles. The van der Waals surface area contributed by atoms with Gasteiger partial charge in [-0.3, -0.25) is 28.8 Å². The van der Waals surface area contributed by atoms with E-state index in [1.54, 1.807) is 13.8 Å². The summed E-state index contributed by atoms with van der Waals surface area (Å²) in [6.45, 7) is 2.91. The monoisotopic (exact) mass is 431 g/mol. The first kappa shape index (κ1) is 26.8. The van der Waals surface area contributed by atoms with Gasteiger partial charge in [-0.05, 0) is 18.8 Å². The molecule has 170 valence electrons. The van der Waals surface area contributed by atoms with Crippen LogP contribution in [0.25, 0.3) is 0 Å². The lowest BCUT2D eigenvalue weighted by molar-refractivity contribution is -0.140. The lowest BCUT2D eigenvalue weighted by Gasteiger charge is -2.24. The molecule has 0 saturated carbocycles. The fraction of sp³-hybridized carbons (Fsp3) is 0.647. The predicted octanol–water partition coefficient (Wildman–Crippen LogP) is -2.73. The number of nitrogens with one attached hydrogen (secondary N) is 3. The summed E-state index contributed by atoms with van der Waals surface area (Å²) in [6, 6.07) is -3.85. The Morgan fingerprint density at radius 2 is 1.43 bits per heavy atom. The highest BCUT2D eigenvalue weighted by molar-refractivity contribution is 5.94. The third-order valence-electron chi connectivity index (χ3n) is 3.80. The Bertz CT molecular complexity index is 667. The van der Waals surface area contributed by atoms with Gasteiger partial charge >= 0.3 is 11.9 Å². The summed E-state index contributed by atoms with van der Waals surface area (Å²) in [5.41, 5.74) is 10.5. The lowest BCUT2D eigenvalue weighted by Crippen LogP contribution is -2.56. The molecule has 0 aromatic carbocycles. The SMILES string of the molecule is CC(C)CC(NC(=O)C(CCC(N)=O)NC(=O)C(N)CC(=O)O)C(=O)NCC(=O)O. The minimum atomic E-state index is -1.43. The molecule has 3 unspecified atom stereocenters. The summed E-state index contributed by atoms with van der Waals surface area (Å²) in [4.78, 5) is 69.3. The summed E-state index contributed by atoms with van der Waals surface area (Å²) in [6.07, 6.45) is -0.986. The van der Waals surface area contributed by atoms with Gasteiger partial charge in [-0.25, -0.2) is 0 Å². The Hall–Kier alpha value is -3.22. The molecule has 30 heavy (non-hydrogen) atoms. The van der Waals surface area contributed by atoms with Crippen LogP contribution in [-0.2, 0) is 28.8 Å². The van der Waals surface area contributed by atoms with E-state index in [1.165, 1.54) is 0 Å². The molecule has 0 saturated heterocycles. The van der Waals surface area contributed by atoms with Gasteiger partial charge < -0.3 is 37.6 Å². The quantitative estimate of drug-likeness (QED) is 0.151. The van der Waals surface area contributed by atoms with Crippen molar-refractivity contribution < 1.29 is 39.0 Å². The van der Waals surface area contributed by atoms with Crippen LogP contribution in [0.4, 0.5) is 0 Å². The number of hydrogen-bond donors (Lipinski definition) is 7. The zero-order valence-electron chi connectivity index (χ0n) is 16.8. The second-order valence-corrected chi connectivity index (χ2v) is 7.07. The van der Waals surface area contributed by atoms with Gasteiger partial charge in [0, 0.05) is 6.42 Å². The minimum absolute atomic E-state index is 0.0477. The summed E-state index contributed by atoms with van der Waals surface area (Å²) in [5.74, 6) is -5.87. The first-order chi connectivity index (χ1) is 13.8. The van der Waals surface area contributed by atoms with Crippen LogP contribution in [0, 0.1) is 5.92 Å². The molecule has 0 heterocycles. The highest BCUT2D eigenvalue weighted by Gasteiger charge is 2.29. The van der Waals surface area contributed by atoms with Crippen LogP contribution in [0.2, 0.25) is 0 Å². The molecular formula is C17H29N5O8. The first-order valence-electron chi connectivity index (χ1n) is 9.19. The summed E-state index contributed by atoms with van der Waals surface area (Å²) in [5, 5.41) is 24.2. The topological polar surface area (TPSA) is 231 Å². The van der Waals surface area contributed by atoms with Crippen molar-refractivity contribution in [2.75, 3.05) is 6.54 Å². The number of hydrogen-bond acceptors (Lipinski definition) is 7. The van der Waals surface area contributed by atoms with Gasteiger partial charge in [0.25, 0.3) is 0 Å². The van der Waals surface area contributed by atoms with Gasteiger partial charge in [-0.1, -0.05) is 13.8 Å². The van der Waals surface area contributed by atoms with Crippen molar-refractivity contribution in [1.82, 2.24) is 16.0 Å². The molecule has 4 amide bonds. The number of carboxylic acid groups (broad SMARTS) is 2. The zero-order valence-corrected chi connectivity index (χ0v) is 16.8. The fourth-order valence-corrected chi connectivity index (χ4v) is 2.38. The normalized spacial score (nSPS) is 13.6. The smallest absolute Gasteiger partial charge is 0.322 e. The molecule has 0 radical (unpaired) electrons. The molecule has 3 atom stereocenters. The van der Waals surface area contributed by atoms with E-state index in [0.29, 0.717) is 0 Å². The number of primary amides is 1. The van der Waals surface area contributed by atoms with Crippen LogP contribution >= 0.6 is 0 Å². The van der Waals surface area contributed by atoms with E-state index in [9.17, 15) is 28.8 Å². The number of carbonyl (C=O) groups is 6. The predicted molar refractivity (Wildman–Crippen MR) is 103 cm³/mol. The second kappa shape index (κ2) is 13.1. The van der Waals surface area contributed by atoms with Crippen molar-refractivity contribution in [1.29, 1.82) is 0 Å². The second-order valence-electron chi connectivity index (χ2n) is 7.07. The van der Waals surface area contributed by atoms with Gasteiger partial charge in [0.2, 0.25) is 23.6 Å². The third kappa shape index (κ3) is 11.6. The maximum atomic E-state index is 12.6. The van der Waals surface area contributed by atoms with E-state index in [2.05, 4.69) is 16.0 Å². The summed E-state index contributed by atoms with van der Waals surface area (Å²) in [7, 11) is 0. The maximum absolute atomic E-state index is 12.6. The summed E-state index contributed by atoms with van der Waals surface area (Å²) >= 11 is 0. The van der Waals surface area contributed by atoms with Gasteiger partial charge in [-0.2, -0.15) is 0 Å². The van der Waals surface area contributed by atoms with Gasteiger partial charge in [-0.15, -0.1) is 0 Å². The van der Waals surface area contributed by atoms with E-state index in [-0.39, 0.29) is 25.2 Å². The van der Waals surface area contributed by atoms with Crippen molar-refractivity contribution in [3.8, 4) is 0 Å². The molecule has 0 spiro atoms. The van der Waals surface area contributed by atoms with Crippen molar-refractivity contribution in [3.05, 3.63) is 0 Å². The number of rotatable bonds is 14. The number of amides is 4.